The number of carbonyl (C=O) groups is 1. The molecule has 3 nitrogen and oxygen atoms in total. The Hall–Kier alpha value is -2.29. The van der Waals surface area contributed by atoms with E-state index in [4.69, 9.17) is 0 Å². The van der Waals surface area contributed by atoms with Crippen molar-refractivity contribution < 1.29 is 9.90 Å². The molecule has 0 fully saturated rings. The van der Waals surface area contributed by atoms with E-state index in [1.54, 1.807) is 0 Å². The number of nitrogens with one attached hydrogen (secondary N) is 1. The van der Waals surface area contributed by atoms with Gasteiger partial charge in [0.15, 0.2) is 0 Å². The van der Waals surface area contributed by atoms with Crippen LogP contribution in [0.1, 0.15) is 5.56 Å². The van der Waals surface area contributed by atoms with Gasteiger partial charge < -0.3 is 5.32 Å². The van der Waals surface area contributed by atoms with Gasteiger partial charge in [0.2, 0.25) is 0 Å². The predicted molar refractivity (Wildman–Crippen MR) is 64.8 cm³/mol. The highest BCUT2D eigenvalue weighted by Gasteiger charge is 2.05. The molecule has 3 heteroatoms. The molecule has 0 heterocycles. The van der Waals surface area contributed by atoms with Crippen LogP contribution in [0.4, 0.5) is 4.79 Å². The van der Waals surface area contributed by atoms with Crippen LogP contribution in [0.5, 0.6) is 0 Å². The van der Waals surface area contributed by atoms with E-state index in [0.717, 1.165) is 16.7 Å². The zero-order valence-corrected chi connectivity index (χ0v) is 9.22. The number of hydrogen-bond donors (Lipinski definition) is 1. The van der Waals surface area contributed by atoms with Gasteiger partial charge in [-0.25, -0.2) is 9.90 Å². The average molecular weight is 226 g/mol. The second kappa shape index (κ2) is 5.16. The Morgan fingerprint density at radius 1 is 0.941 bits per heavy atom. The molecular weight excluding hydrogens is 214 g/mol. The summed E-state index contributed by atoms with van der Waals surface area (Å²) in [4.78, 5) is 10.4. The van der Waals surface area contributed by atoms with Crippen LogP contribution < -0.4 is 5.32 Å². The molecule has 0 aliphatic heterocycles. The van der Waals surface area contributed by atoms with E-state index in [2.05, 4.69) is 5.32 Å². The first-order chi connectivity index (χ1) is 8.27. The lowest BCUT2D eigenvalue weighted by atomic mass is 10.00. The van der Waals surface area contributed by atoms with Crippen molar-refractivity contribution in [2.75, 3.05) is 0 Å². The quantitative estimate of drug-likeness (QED) is 0.859. The number of benzene rings is 2. The maximum atomic E-state index is 10.4. The number of hydrogen-bond acceptors (Lipinski definition) is 1. The summed E-state index contributed by atoms with van der Waals surface area (Å²) in [5, 5.41) is 12.7. The monoisotopic (exact) mass is 226 g/mol. The van der Waals surface area contributed by atoms with E-state index in [0.29, 0.717) is 0 Å². The number of amides is 1. The van der Waals surface area contributed by atoms with Gasteiger partial charge in [0, 0.05) is 6.54 Å². The van der Waals surface area contributed by atoms with Gasteiger partial charge in [-0.15, -0.1) is 0 Å². The second-order valence-electron chi connectivity index (χ2n) is 3.66. The highest BCUT2D eigenvalue weighted by atomic mass is 16.4. The molecule has 17 heavy (non-hydrogen) atoms. The lowest BCUT2D eigenvalue weighted by molar-refractivity contribution is 0.168. The summed E-state index contributed by atoms with van der Waals surface area (Å²) >= 11 is 0. The molecular formula is C14H12NO2. The molecule has 0 aromatic heterocycles. The van der Waals surface area contributed by atoms with Crippen molar-refractivity contribution in [3.63, 3.8) is 0 Å². The minimum Gasteiger partial charge on any atom is -0.314 e. The standard InChI is InChI=1S/C14H12NO2/c16-14(17)15-10-12-8-4-5-9-13(12)11-6-2-1-3-7-11/h1-9,15H,10H2. The molecule has 0 bridgehead atoms. The van der Waals surface area contributed by atoms with Crippen LogP contribution in [0, 0.1) is 0 Å². The Morgan fingerprint density at radius 2 is 1.59 bits per heavy atom. The summed E-state index contributed by atoms with van der Waals surface area (Å²) in [6.07, 6.45) is -1.26. The lowest BCUT2D eigenvalue weighted by Crippen LogP contribution is -2.19. The predicted octanol–water partition coefficient (Wildman–Crippen LogP) is 2.99. The maximum absolute atomic E-state index is 10.4. The van der Waals surface area contributed by atoms with Crippen LogP contribution in [0.3, 0.4) is 0 Å². The minimum atomic E-state index is -1.26. The summed E-state index contributed by atoms with van der Waals surface area (Å²) in [6, 6.07) is 17.6. The van der Waals surface area contributed by atoms with Crippen LogP contribution in [0.15, 0.2) is 54.6 Å². The van der Waals surface area contributed by atoms with Crippen LogP contribution in [0.25, 0.3) is 11.1 Å². The molecule has 0 aliphatic rings. The molecule has 0 saturated heterocycles. The summed E-state index contributed by atoms with van der Waals surface area (Å²) < 4.78 is 0. The highest BCUT2D eigenvalue weighted by molar-refractivity contribution is 5.69. The number of carbonyl (C=O) groups excluding carboxylic acids is 1. The van der Waals surface area contributed by atoms with Crippen molar-refractivity contribution in [2.45, 2.75) is 6.54 Å². The van der Waals surface area contributed by atoms with Gasteiger partial charge in [0.1, 0.15) is 0 Å². The Labute approximate surface area is 99.7 Å². The first-order valence-electron chi connectivity index (χ1n) is 5.35. The third kappa shape index (κ3) is 2.84. The lowest BCUT2D eigenvalue weighted by Gasteiger charge is -2.08. The van der Waals surface area contributed by atoms with E-state index < -0.39 is 6.09 Å². The SMILES string of the molecule is [O]C(=O)NCc1ccccc1-c1ccccc1. The Morgan fingerprint density at radius 3 is 2.29 bits per heavy atom. The highest BCUT2D eigenvalue weighted by Crippen LogP contribution is 2.23. The van der Waals surface area contributed by atoms with E-state index in [-0.39, 0.29) is 6.54 Å². The third-order valence-electron chi connectivity index (χ3n) is 2.53. The molecule has 0 aliphatic carbocycles. The molecule has 1 amide bonds. The molecule has 0 atom stereocenters. The first kappa shape index (κ1) is 11.2. The van der Waals surface area contributed by atoms with Crippen LogP contribution >= 0.6 is 0 Å². The molecule has 1 N–H and O–H groups in total. The van der Waals surface area contributed by atoms with Crippen LogP contribution in [-0.4, -0.2) is 6.09 Å². The van der Waals surface area contributed by atoms with Crippen molar-refractivity contribution in [2.24, 2.45) is 0 Å². The van der Waals surface area contributed by atoms with E-state index in [9.17, 15) is 9.90 Å². The van der Waals surface area contributed by atoms with Crippen LogP contribution in [-0.2, 0) is 11.7 Å². The smallest absolute Gasteiger partial charge is 0.314 e. The topological polar surface area (TPSA) is 49.0 Å². The van der Waals surface area contributed by atoms with Gasteiger partial charge in [-0.3, -0.25) is 0 Å². The Kier molecular flexibility index (Phi) is 3.40. The second-order valence-corrected chi connectivity index (χ2v) is 3.66. The molecule has 0 spiro atoms. The first-order valence-corrected chi connectivity index (χ1v) is 5.35. The zero-order valence-electron chi connectivity index (χ0n) is 9.22. The average Bonchev–Trinajstić information content (AvgIpc) is 2.38. The van der Waals surface area contributed by atoms with E-state index in [1.165, 1.54) is 0 Å². The van der Waals surface area contributed by atoms with Crippen molar-refractivity contribution in [1.29, 1.82) is 0 Å². The summed E-state index contributed by atoms with van der Waals surface area (Å²) in [5.74, 6) is 0. The Balaban J connectivity index is 2.31. The number of rotatable bonds is 3. The maximum Gasteiger partial charge on any atom is 0.450 e. The third-order valence-corrected chi connectivity index (χ3v) is 2.53. The fourth-order valence-electron chi connectivity index (χ4n) is 1.74. The molecule has 2 aromatic rings. The van der Waals surface area contributed by atoms with Gasteiger partial charge in [-0.2, -0.15) is 0 Å². The fourth-order valence-corrected chi connectivity index (χ4v) is 1.74. The van der Waals surface area contributed by atoms with Gasteiger partial charge >= 0.3 is 6.09 Å². The van der Waals surface area contributed by atoms with E-state index >= 15 is 0 Å². The van der Waals surface area contributed by atoms with E-state index in [1.807, 2.05) is 54.6 Å². The molecule has 85 valence electrons. The van der Waals surface area contributed by atoms with Gasteiger partial charge in [0.05, 0.1) is 0 Å². The molecule has 1 radical (unpaired) electrons. The largest absolute Gasteiger partial charge is 0.450 e. The molecule has 2 aromatic carbocycles. The summed E-state index contributed by atoms with van der Waals surface area (Å²) in [7, 11) is 0. The summed E-state index contributed by atoms with van der Waals surface area (Å²) in [6.45, 7) is 0.257. The van der Waals surface area contributed by atoms with Crippen molar-refractivity contribution in [3.8, 4) is 11.1 Å². The van der Waals surface area contributed by atoms with Gasteiger partial charge in [-0.1, -0.05) is 54.6 Å². The Bertz CT molecular complexity index is 509. The zero-order chi connectivity index (χ0) is 12.1. The molecule has 0 unspecified atom stereocenters. The van der Waals surface area contributed by atoms with Crippen molar-refractivity contribution in [3.05, 3.63) is 60.2 Å². The summed E-state index contributed by atoms with van der Waals surface area (Å²) in [5.41, 5.74) is 3.04. The minimum absolute atomic E-state index is 0.257. The molecule has 2 rings (SSSR count). The molecule has 0 saturated carbocycles. The van der Waals surface area contributed by atoms with Crippen molar-refractivity contribution >= 4 is 6.09 Å². The van der Waals surface area contributed by atoms with Crippen LogP contribution in [0.2, 0.25) is 0 Å². The van der Waals surface area contributed by atoms with Gasteiger partial charge in [-0.05, 0) is 16.7 Å². The fraction of sp³-hybridized carbons (Fsp3) is 0.0714. The van der Waals surface area contributed by atoms with Gasteiger partial charge in [0.25, 0.3) is 0 Å². The van der Waals surface area contributed by atoms with Crippen molar-refractivity contribution in [1.82, 2.24) is 5.32 Å². The normalized spacial score (nSPS) is 9.88.